The molecule has 0 atom stereocenters. The van der Waals surface area contributed by atoms with Crippen LogP contribution < -0.4 is 10.6 Å². The Hall–Kier alpha value is -0.980. The van der Waals surface area contributed by atoms with Crippen LogP contribution in [0.25, 0.3) is 0 Å². The van der Waals surface area contributed by atoms with Gasteiger partial charge < -0.3 is 10.6 Å². The first kappa shape index (κ1) is 15.4. The van der Waals surface area contributed by atoms with Crippen LogP contribution in [0.4, 0.5) is 0 Å². The third-order valence-electron chi connectivity index (χ3n) is 4.43. The van der Waals surface area contributed by atoms with Crippen molar-refractivity contribution in [2.24, 2.45) is 5.92 Å². The number of rotatable bonds is 5. The predicted octanol–water partition coefficient (Wildman–Crippen LogP) is 1.43. The van der Waals surface area contributed by atoms with Crippen LogP contribution in [0.1, 0.15) is 30.6 Å². The van der Waals surface area contributed by atoms with Gasteiger partial charge >= 0.3 is 0 Å². The number of thiazole rings is 1. The molecule has 2 rings (SSSR count). The number of hydrogen-bond donors (Lipinski definition) is 2. The van der Waals surface area contributed by atoms with E-state index >= 15 is 0 Å². The molecule has 1 aromatic rings. The van der Waals surface area contributed by atoms with Gasteiger partial charge in [-0.2, -0.15) is 0 Å². The van der Waals surface area contributed by atoms with Crippen molar-refractivity contribution in [2.45, 2.75) is 37.9 Å². The number of aromatic nitrogens is 1. The highest BCUT2D eigenvalue weighted by molar-refractivity contribution is 7.09. The van der Waals surface area contributed by atoms with E-state index in [0.29, 0.717) is 6.54 Å². The molecule has 1 aromatic heterocycles. The van der Waals surface area contributed by atoms with Crippen molar-refractivity contribution in [1.29, 1.82) is 0 Å². The molecule has 20 heavy (non-hydrogen) atoms. The van der Waals surface area contributed by atoms with Crippen molar-refractivity contribution in [3.05, 3.63) is 16.6 Å². The van der Waals surface area contributed by atoms with E-state index in [4.69, 9.17) is 0 Å². The molecular formula is C14H24N4OS. The van der Waals surface area contributed by atoms with Crippen LogP contribution in [-0.4, -0.2) is 42.6 Å². The number of hydrogen-bond acceptors (Lipinski definition) is 5. The summed E-state index contributed by atoms with van der Waals surface area (Å²) in [6.45, 7) is 0.602. The van der Waals surface area contributed by atoms with E-state index in [1.165, 1.54) is 0 Å². The molecule has 0 bridgehead atoms. The first-order valence-electron chi connectivity index (χ1n) is 7.09. The molecule has 0 aliphatic heterocycles. The fourth-order valence-electron chi connectivity index (χ4n) is 2.93. The molecule has 1 fully saturated rings. The van der Waals surface area contributed by atoms with E-state index in [0.717, 1.165) is 30.6 Å². The van der Waals surface area contributed by atoms with Crippen LogP contribution in [-0.2, 0) is 11.3 Å². The second kappa shape index (κ2) is 6.65. The molecule has 0 spiro atoms. The Morgan fingerprint density at radius 3 is 2.70 bits per heavy atom. The van der Waals surface area contributed by atoms with Crippen molar-refractivity contribution < 1.29 is 4.79 Å². The van der Waals surface area contributed by atoms with Crippen molar-refractivity contribution in [3.8, 4) is 0 Å². The first-order valence-corrected chi connectivity index (χ1v) is 7.97. The molecule has 2 N–H and O–H groups in total. The van der Waals surface area contributed by atoms with E-state index in [1.807, 2.05) is 13.2 Å². The zero-order valence-corrected chi connectivity index (χ0v) is 13.3. The Morgan fingerprint density at radius 1 is 1.50 bits per heavy atom. The maximum atomic E-state index is 12.2. The maximum Gasteiger partial charge on any atom is 0.223 e. The smallest absolute Gasteiger partial charge is 0.223 e. The lowest BCUT2D eigenvalue weighted by Crippen LogP contribution is -2.57. The van der Waals surface area contributed by atoms with E-state index in [9.17, 15) is 4.79 Å². The van der Waals surface area contributed by atoms with Crippen LogP contribution >= 0.6 is 11.3 Å². The lowest BCUT2D eigenvalue weighted by molar-refractivity contribution is -0.127. The summed E-state index contributed by atoms with van der Waals surface area (Å²) in [5.41, 5.74) is 1.84. The van der Waals surface area contributed by atoms with Gasteiger partial charge in [-0.3, -0.25) is 14.7 Å². The van der Waals surface area contributed by atoms with Gasteiger partial charge in [0.15, 0.2) is 0 Å². The zero-order chi connectivity index (χ0) is 14.6. The number of amides is 1. The predicted molar refractivity (Wildman–Crippen MR) is 81.4 cm³/mol. The van der Waals surface area contributed by atoms with Gasteiger partial charge in [-0.05, 0) is 46.8 Å². The van der Waals surface area contributed by atoms with Crippen molar-refractivity contribution in [2.75, 3.05) is 21.1 Å². The average molecular weight is 296 g/mol. The van der Waals surface area contributed by atoms with Gasteiger partial charge in [0.2, 0.25) is 5.91 Å². The van der Waals surface area contributed by atoms with Crippen molar-refractivity contribution >= 4 is 17.2 Å². The Balaban J connectivity index is 1.82. The topological polar surface area (TPSA) is 57.3 Å². The van der Waals surface area contributed by atoms with Gasteiger partial charge in [0.05, 0.1) is 17.7 Å². The van der Waals surface area contributed by atoms with Gasteiger partial charge in [-0.15, -0.1) is 11.3 Å². The highest BCUT2D eigenvalue weighted by atomic mass is 32.1. The SMILES string of the molecule is CNC1(N(C)C)CCC(C(=O)NCc2cncs2)CC1. The Labute approximate surface area is 124 Å². The Kier molecular flexibility index (Phi) is 5.12. The summed E-state index contributed by atoms with van der Waals surface area (Å²) in [7, 11) is 6.20. The molecule has 0 saturated heterocycles. The molecule has 0 aromatic carbocycles. The summed E-state index contributed by atoms with van der Waals surface area (Å²) in [4.78, 5) is 19.6. The van der Waals surface area contributed by atoms with E-state index < -0.39 is 0 Å². The molecule has 0 unspecified atom stereocenters. The van der Waals surface area contributed by atoms with E-state index in [-0.39, 0.29) is 17.5 Å². The highest BCUT2D eigenvalue weighted by Gasteiger charge is 2.37. The van der Waals surface area contributed by atoms with Crippen LogP contribution in [0.15, 0.2) is 11.7 Å². The van der Waals surface area contributed by atoms with Gasteiger partial charge in [-0.25, -0.2) is 0 Å². The minimum absolute atomic E-state index is 0.0501. The van der Waals surface area contributed by atoms with Crippen LogP contribution in [0.5, 0.6) is 0 Å². The summed E-state index contributed by atoms with van der Waals surface area (Å²) >= 11 is 1.58. The average Bonchev–Trinajstić information content (AvgIpc) is 2.98. The second-order valence-corrected chi connectivity index (χ2v) is 6.61. The largest absolute Gasteiger partial charge is 0.351 e. The molecule has 1 heterocycles. The monoisotopic (exact) mass is 296 g/mol. The van der Waals surface area contributed by atoms with E-state index in [2.05, 4.69) is 34.6 Å². The fraction of sp³-hybridized carbons (Fsp3) is 0.714. The number of carbonyl (C=O) groups is 1. The van der Waals surface area contributed by atoms with Gasteiger partial charge in [0, 0.05) is 17.0 Å². The molecular weight excluding hydrogens is 272 g/mol. The zero-order valence-electron chi connectivity index (χ0n) is 12.5. The molecule has 6 heteroatoms. The summed E-state index contributed by atoms with van der Waals surface area (Å²) < 4.78 is 0. The fourth-order valence-corrected chi connectivity index (χ4v) is 3.46. The lowest BCUT2D eigenvalue weighted by atomic mass is 9.80. The lowest BCUT2D eigenvalue weighted by Gasteiger charge is -2.44. The number of nitrogens with one attached hydrogen (secondary N) is 2. The summed E-state index contributed by atoms with van der Waals surface area (Å²) in [6, 6.07) is 0. The molecule has 1 saturated carbocycles. The van der Waals surface area contributed by atoms with Gasteiger partial charge in [0.1, 0.15) is 0 Å². The van der Waals surface area contributed by atoms with Crippen molar-refractivity contribution in [3.63, 3.8) is 0 Å². The first-order chi connectivity index (χ1) is 9.57. The third-order valence-corrected chi connectivity index (χ3v) is 5.20. The molecule has 1 aliphatic carbocycles. The van der Waals surface area contributed by atoms with Crippen LogP contribution in [0.2, 0.25) is 0 Å². The molecule has 5 nitrogen and oxygen atoms in total. The molecule has 0 radical (unpaired) electrons. The highest BCUT2D eigenvalue weighted by Crippen LogP contribution is 2.33. The standard InChI is InChI=1S/C14H24N4OS/c1-15-14(18(2)3)6-4-11(5-7-14)13(19)17-9-12-8-16-10-20-12/h8,10-11,15H,4-7,9H2,1-3H3,(H,17,19). The normalized spacial score (nSPS) is 26.7. The third kappa shape index (κ3) is 3.37. The maximum absolute atomic E-state index is 12.2. The Bertz CT molecular complexity index is 424. The quantitative estimate of drug-likeness (QED) is 0.807. The van der Waals surface area contributed by atoms with Gasteiger partial charge in [0.25, 0.3) is 0 Å². The summed E-state index contributed by atoms with van der Waals surface area (Å²) in [6.07, 6.45) is 5.70. The minimum atomic E-state index is 0.0501. The molecule has 1 amide bonds. The Morgan fingerprint density at radius 2 is 2.20 bits per heavy atom. The number of carbonyl (C=O) groups excluding carboxylic acids is 1. The van der Waals surface area contributed by atoms with Crippen LogP contribution in [0, 0.1) is 5.92 Å². The summed E-state index contributed by atoms with van der Waals surface area (Å²) in [5, 5.41) is 6.45. The molecule has 1 aliphatic rings. The van der Waals surface area contributed by atoms with E-state index in [1.54, 1.807) is 16.8 Å². The van der Waals surface area contributed by atoms with Crippen LogP contribution in [0.3, 0.4) is 0 Å². The summed E-state index contributed by atoms with van der Waals surface area (Å²) in [5.74, 6) is 0.325. The second-order valence-electron chi connectivity index (χ2n) is 5.64. The molecule has 112 valence electrons. The number of nitrogens with zero attached hydrogens (tertiary/aromatic N) is 2. The minimum Gasteiger partial charge on any atom is -0.351 e. The van der Waals surface area contributed by atoms with Gasteiger partial charge in [-0.1, -0.05) is 0 Å². The van der Waals surface area contributed by atoms with Crippen molar-refractivity contribution in [1.82, 2.24) is 20.5 Å².